The largest absolute Gasteiger partial charge is 0.480 e. The molecule has 2 rings (SSSR count). The number of rotatable bonds is 5. The molecule has 1 saturated heterocycles. The smallest absolute Gasteiger partial charge is 0.408 e. The summed E-state index contributed by atoms with van der Waals surface area (Å²) in [5, 5.41) is 10.1. The molecule has 1 aliphatic rings. The summed E-state index contributed by atoms with van der Waals surface area (Å²) in [5.74, 6) is -2.95. The van der Waals surface area contributed by atoms with E-state index in [1.807, 2.05) is 0 Å². The van der Waals surface area contributed by atoms with E-state index in [0.717, 1.165) is 6.07 Å². The second-order valence-electron chi connectivity index (χ2n) is 7.36. The lowest BCUT2D eigenvalue weighted by Crippen LogP contribution is -2.44. The van der Waals surface area contributed by atoms with Crippen molar-refractivity contribution < 1.29 is 37.0 Å². The van der Waals surface area contributed by atoms with Crippen LogP contribution in [0.2, 0.25) is 0 Å². The van der Waals surface area contributed by atoms with Crippen molar-refractivity contribution in [2.75, 3.05) is 0 Å². The molecule has 0 aromatic heterocycles. The van der Waals surface area contributed by atoms with Crippen molar-refractivity contribution in [1.82, 2.24) is 10.0 Å². The molecule has 2 amide bonds. The third-order valence-electron chi connectivity index (χ3n) is 3.84. The van der Waals surface area contributed by atoms with Gasteiger partial charge in [0.15, 0.2) is 0 Å². The van der Waals surface area contributed by atoms with Gasteiger partial charge >= 0.3 is 12.1 Å². The number of carboxylic acids is 1. The van der Waals surface area contributed by atoms with Gasteiger partial charge in [-0.2, -0.15) is 0 Å². The van der Waals surface area contributed by atoms with Crippen molar-refractivity contribution in [1.29, 1.82) is 0 Å². The monoisotopic (exact) mass is 416 g/mol. The fourth-order valence-corrected chi connectivity index (χ4v) is 4.11. The first-order valence-corrected chi connectivity index (χ1v) is 9.88. The Bertz CT molecular complexity index is 909. The van der Waals surface area contributed by atoms with E-state index in [2.05, 4.69) is 5.32 Å². The number of hydrogen-bond donors (Lipinski definition) is 3. The van der Waals surface area contributed by atoms with Crippen molar-refractivity contribution in [2.45, 2.75) is 50.5 Å². The highest BCUT2D eigenvalue weighted by Crippen LogP contribution is 2.32. The average molecular weight is 416 g/mol. The summed E-state index contributed by atoms with van der Waals surface area (Å²) >= 11 is 0. The molecule has 2 atom stereocenters. The summed E-state index contributed by atoms with van der Waals surface area (Å²) < 4.78 is 45.0. The zero-order valence-corrected chi connectivity index (χ0v) is 16.3. The predicted molar refractivity (Wildman–Crippen MR) is 95.3 cm³/mol. The van der Waals surface area contributed by atoms with Gasteiger partial charge in [0.1, 0.15) is 22.7 Å². The second kappa shape index (κ2) is 7.74. The topological polar surface area (TPSA) is 139 Å². The van der Waals surface area contributed by atoms with E-state index in [4.69, 9.17) is 4.74 Å². The maximum absolute atomic E-state index is 14.4. The summed E-state index contributed by atoms with van der Waals surface area (Å²) in [5.41, 5.74) is -0.785. The van der Waals surface area contributed by atoms with Crippen LogP contribution in [0.25, 0.3) is 0 Å². The van der Waals surface area contributed by atoms with Gasteiger partial charge < -0.3 is 15.2 Å². The van der Waals surface area contributed by atoms with Crippen molar-refractivity contribution >= 4 is 28.0 Å². The molecule has 154 valence electrons. The van der Waals surface area contributed by atoms with Crippen molar-refractivity contribution in [3.05, 3.63) is 35.1 Å². The number of benzene rings is 1. The first kappa shape index (κ1) is 21.6. The van der Waals surface area contributed by atoms with Gasteiger partial charge in [0.25, 0.3) is 0 Å². The number of sulfonamides is 1. The Morgan fingerprint density at radius 2 is 2.04 bits per heavy atom. The van der Waals surface area contributed by atoms with Gasteiger partial charge in [-0.1, -0.05) is 12.1 Å². The lowest BCUT2D eigenvalue weighted by Gasteiger charge is -2.22. The Morgan fingerprint density at radius 3 is 2.50 bits per heavy atom. The summed E-state index contributed by atoms with van der Waals surface area (Å²) in [6.45, 7) is 4.85. The number of carbonyl (C=O) groups excluding carboxylic acids is 2. The van der Waals surface area contributed by atoms with Gasteiger partial charge in [0, 0.05) is 12.0 Å². The number of carbonyl (C=O) groups is 3. The first-order chi connectivity index (χ1) is 12.8. The number of halogens is 1. The molecule has 9 nitrogen and oxygen atoms in total. The molecule has 0 aliphatic carbocycles. The predicted octanol–water partition coefficient (Wildman–Crippen LogP) is 1.24. The Labute approximate surface area is 161 Å². The minimum Gasteiger partial charge on any atom is -0.480 e. The van der Waals surface area contributed by atoms with E-state index in [-0.39, 0.29) is 17.5 Å². The fraction of sp³-hybridized carbons (Fsp3) is 0.471. The van der Waals surface area contributed by atoms with Crippen LogP contribution in [0.1, 0.15) is 43.6 Å². The van der Waals surface area contributed by atoms with Gasteiger partial charge in [0.05, 0.1) is 6.42 Å². The highest BCUT2D eigenvalue weighted by Gasteiger charge is 2.39. The summed E-state index contributed by atoms with van der Waals surface area (Å²) in [4.78, 5) is 34.5. The standard InChI is InChI=1S/C17H21FN2O7S/c1-17(2,3)27-16(24)19-12(15(22)23)7-9-4-5-10(11(18)6-9)13-8-14(21)20-28(13,25)26/h4-6,12-13H,7-8H2,1-3H3,(H,19,24)(H,20,21)(H,22,23)/t12-,13-/m0/s1. The van der Waals surface area contributed by atoms with E-state index >= 15 is 0 Å². The lowest BCUT2D eigenvalue weighted by molar-refractivity contribution is -0.139. The summed E-state index contributed by atoms with van der Waals surface area (Å²) in [6, 6.07) is 2.15. The Morgan fingerprint density at radius 1 is 1.39 bits per heavy atom. The maximum Gasteiger partial charge on any atom is 0.408 e. The van der Waals surface area contributed by atoms with Crippen LogP contribution in [0.3, 0.4) is 0 Å². The van der Waals surface area contributed by atoms with Crippen molar-refractivity contribution in [3.8, 4) is 0 Å². The molecule has 28 heavy (non-hydrogen) atoms. The third-order valence-corrected chi connectivity index (χ3v) is 5.52. The average Bonchev–Trinajstić information content (AvgIpc) is 2.77. The molecule has 3 N–H and O–H groups in total. The minimum atomic E-state index is -4.00. The zero-order valence-electron chi connectivity index (χ0n) is 15.5. The van der Waals surface area contributed by atoms with Crippen LogP contribution < -0.4 is 10.0 Å². The van der Waals surface area contributed by atoms with E-state index in [0.29, 0.717) is 0 Å². The fourth-order valence-electron chi connectivity index (χ4n) is 2.67. The normalized spacial score (nSPS) is 19.6. The molecule has 0 saturated carbocycles. The number of aliphatic carboxylic acids is 1. The van der Waals surface area contributed by atoms with E-state index in [1.165, 1.54) is 12.1 Å². The number of nitrogens with one attached hydrogen (secondary N) is 2. The highest BCUT2D eigenvalue weighted by atomic mass is 32.2. The van der Waals surface area contributed by atoms with E-state index < -0.39 is 57.1 Å². The summed E-state index contributed by atoms with van der Waals surface area (Å²) in [6.07, 6.45) is -1.57. The van der Waals surface area contributed by atoms with Gasteiger partial charge in [0.2, 0.25) is 15.9 Å². The van der Waals surface area contributed by atoms with Crippen LogP contribution >= 0.6 is 0 Å². The third kappa shape index (κ3) is 5.41. The van der Waals surface area contributed by atoms with Gasteiger partial charge in [-0.15, -0.1) is 0 Å². The number of amides is 2. The molecule has 1 aromatic carbocycles. The minimum absolute atomic E-state index is 0.186. The maximum atomic E-state index is 14.4. The Hall–Kier alpha value is -2.69. The molecule has 1 heterocycles. The highest BCUT2D eigenvalue weighted by molar-refractivity contribution is 7.90. The van der Waals surface area contributed by atoms with Crippen LogP contribution in [-0.4, -0.2) is 43.1 Å². The molecule has 1 aliphatic heterocycles. The number of hydrogen-bond acceptors (Lipinski definition) is 6. The van der Waals surface area contributed by atoms with E-state index in [9.17, 15) is 32.3 Å². The van der Waals surface area contributed by atoms with Gasteiger partial charge in [-0.25, -0.2) is 22.4 Å². The molecular formula is C17H21FN2O7S. The quantitative estimate of drug-likeness (QED) is 0.656. The van der Waals surface area contributed by atoms with Crippen LogP contribution in [-0.2, 0) is 30.8 Å². The molecular weight excluding hydrogens is 395 g/mol. The molecule has 0 bridgehead atoms. The molecule has 1 fully saturated rings. The molecule has 1 aromatic rings. The second-order valence-corrected chi connectivity index (χ2v) is 9.22. The van der Waals surface area contributed by atoms with Gasteiger partial charge in [-0.05, 0) is 32.4 Å². The number of ether oxygens (including phenoxy) is 1. The Balaban J connectivity index is 2.17. The summed E-state index contributed by atoms with van der Waals surface area (Å²) in [7, 11) is -4.00. The van der Waals surface area contributed by atoms with Crippen LogP contribution in [0.15, 0.2) is 18.2 Å². The van der Waals surface area contributed by atoms with Gasteiger partial charge in [-0.3, -0.25) is 9.52 Å². The zero-order chi connectivity index (χ0) is 21.3. The Kier molecular flexibility index (Phi) is 5.97. The molecule has 11 heteroatoms. The van der Waals surface area contributed by atoms with Crippen LogP contribution in [0.5, 0.6) is 0 Å². The first-order valence-electron chi connectivity index (χ1n) is 8.33. The molecule has 0 spiro atoms. The van der Waals surface area contributed by atoms with Crippen molar-refractivity contribution in [2.24, 2.45) is 0 Å². The lowest BCUT2D eigenvalue weighted by atomic mass is 10.0. The van der Waals surface area contributed by atoms with Crippen LogP contribution in [0, 0.1) is 5.82 Å². The van der Waals surface area contributed by atoms with Crippen molar-refractivity contribution in [3.63, 3.8) is 0 Å². The molecule has 0 unspecified atom stereocenters. The SMILES string of the molecule is CC(C)(C)OC(=O)N[C@@H](Cc1ccc([C@@H]2CC(=O)NS2(=O)=O)c(F)c1)C(=O)O. The number of alkyl carbamates (subject to hydrolysis) is 1. The number of carboxylic acid groups (broad SMARTS) is 1. The molecule has 0 radical (unpaired) electrons. The van der Waals surface area contributed by atoms with E-state index in [1.54, 1.807) is 25.5 Å². The van der Waals surface area contributed by atoms with Crippen LogP contribution in [0.4, 0.5) is 9.18 Å².